The van der Waals surface area contributed by atoms with E-state index in [1.165, 1.54) is 128 Å². The Balaban J connectivity index is 4.55. The van der Waals surface area contributed by atoms with Gasteiger partial charge in [0.1, 0.15) is 6.10 Å². The van der Waals surface area contributed by atoms with Gasteiger partial charge in [0, 0.05) is 6.42 Å². The van der Waals surface area contributed by atoms with Crippen LogP contribution in [0.3, 0.4) is 0 Å². The highest BCUT2D eigenvalue weighted by Gasteiger charge is 2.24. The Morgan fingerprint density at radius 2 is 0.855 bits per heavy atom. The van der Waals surface area contributed by atoms with Crippen LogP contribution in [-0.4, -0.2) is 46.9 Å². The number of aliphatic hydroxyl groups excluding tert-OH is 2. The first-order valence-corrected chi connectivity index (χ1v) is 26.5. The molecule has 0 rings (SSSR count). The zero-order valence-electron chi connectivity index (χ0n) is 41.0. The van der Waals surface area contributed by atoms with Crippen molar-refractivity contribution >= 4 is 11.9 Å². The van der Waals surface area contributed by atoms with E-state index in [0.29, 0.717) is 25.7 Å². The molecule has 3 unspecified atom stereocenters. The van der Waals surface area contributed by atoms with E-state index in [1.807, 2.05) is 0 Å². The molecule has 62 heavy (non-hydrogen) atoms. The first kappa shape index (κ1) is 59.6. The molecule has 0 spiro atoms. The van der Waals surface area contributed by atoms with Gasteiger partial charge in [0.15, 0.2) is 0 Å². The van der Waals surface area contributed by atoms with Gasteiger partial charge in [-0.2, -0.15) is 0 Å². The van der Waals surface area contributed by atoms with Gasteiger partial charge in [0.25, 0.3) is 0 Å². The summed E-state index contributed by atoms with van der Waals surface area (Å²) in [7, 11) is 0. The third kappa shape index (κ3) is 44.2. The molecule has 1 amide bonds. The highest BCUT2D eigenvalue weighted by Crippen LogP contribution is 2.18. The molecular formula is C56H101NO5. The normalized spacial score (nSPS) is 13.7. The van der Waals surface area contributed by atoms with Crippen LogP contribution in [0.1, 0.15) is 258 Å². The van der Waals surface area contributed by atoms with Crippen molar-refractivity contribution in [2.45, 2.75) is 277 Å². The molecule has 0 aliphatic carbocycles. The number of nitrogens with one attached hydrogen (secondary N) is 1. The zero-order valence-corrected chi connectivity index (χ0v) is 41.0. The summed E-state index contributed by atoms with van der Waals surface area (Å²) < 4.78 is 5.90. The van der Waals surface area contributed by atoms with Crippen LogP contribution in [0, 0.1) is 0 Å². The summed E-state index contributed by atoms with van der Waals surface area (Å²) in [5, 5.41) is 23.8. The van der Waals surface area contributed by atoms with Gasteiger partial charge in [-0.1, -0.05) is 242 Å². The van der Waals surface area contributed by atoms with Crippen LogP contribution in [0.2, 0.25) is 0 Å². The molecule has 0 aromatic carbocycles. The van der Waals surface area contributed by atoms with E-state index in [2.05, 4.69) is 86.8 Å². The number of hydrogen-bond donors (Lipinski definition) is 3. The van der Waals surface area contributed by atoms with E-state index in [9.17, 15) is 19.8 Å². The topological polar surface area (TPSA) is 95.9 Å². The van der Waals surface area contributed by atoms with E-state index < -0.39 is 18.2 Å². The smallest absolute Gasteiger partial charge is 0.306 e. The number of rotatable bonds is 47. The van der Waals surface area contributed by atoms with Gasteiger partial charge in [0.05, 0.1) is 25.2 Å². The van der Waals surface area contributed by atoms with Crippen LogP contribution in [0.25, 0.3) is 0 Å². The van der Waals surface area contributed by atoms with E-state index in [1.54, 1.807) is 0 Å². The number of allylic oxidation sites excluding steroid dienone is 10. The van der Waals surface area contributed by atoms with Crippen molar-refractivity contribution in [3.8, 4) is 0 Å². The van der Waals surface area contributed by atoms with Gasteiger partial charge < -0.3 is 20.3 Å². The van der Waals surface area contributed by atoms with Gasteiger partial charge in [-0.25, -0.2) is 0 Å². The average molecular weight is 868 g/mol. The number of esters is 1. The highest BCUT2D eigenvalue weighted by molar-refractivity contribution is 5.77. The second-order valence-corrected chi connectivity index (χ2v) is 17.9. The van der Waals surface area contributed by atoms with E-state index in [-0.39, 0.29) is 24.9 Å². The molecule has 6 heteroatoms. The molecule has 0 aliphatic heterocycles. The zero-order chi connectivity index (χ0) is 45.2. The molecule has 360 valence electrons. The summed E-state index contributed by atoms with van der Waals surface area (Å²) in [6.07, 6.45) is 61.4. The minimum absolute atomic E-state index is 0.0558. The predicted molar refractivity (Wildman–Crippen MR) is 268 cm³/mol. The predicted octanol–water partition coefficient (Wildman–Crippen LogP) is 16.0. The fraction of sp³-hybridized carbons (Fsp3) is 0.786. The molecular weight excluding hydrogens is 767 g/mol. The average Bonchev–Trinajstić information content (AvgIpc) is 3.26. The molecule has 0 aromatic rings. The number of ether oxygens (including phenoxy) is 1. The Morgan fingerprint density at radius 1 is 0.484 bits per heavy atom. The van der Waals surface area contributed by atoms with Crippen LogP contribution in [0.5, 0.6) is 0 Å². The van der Waals surface area contributed by atoms with Gasteiger partial charge >= 0.3 is 5.97 Å². The third-order valence-electron chi connectivity index (χ3n) is 11.9. The maximum Gasteiger partial charge on any atom is 0.306 e. The molecule has 0 bridgehead atoms. The molecule has 0 saturated heterocycles. The Hall–Kier alpha value is -2.44. The number of amides is 1. The Bertz CT molecular complexity index is 1110. The molecule has 3 N–H and O–H groups in total. The molecule has 3 atom stereocenters. The molecule has 6 nitrogen and oxygen atoms in total. The number of aliphatic hydroxyl groups is 2. The van der Waals surface area contributed by atoms with E-state index >= 15 is 0 Å². The lowest BCUT2D eigenvalue weighted by molar-refractivity contribution is -0.151. The standard InChI is InChI=1S/C56H101NO5/c1-4-7-10-13-16-19-22-24-26-28-30-32-34-37-40-43-46-49-56(61)62-52(47-44-41-38-35-21-18-15-12-9-6-3)50-55(60)57-53(51-58)54(59)48-45-42-39-36-33-31-29-27-25-23-20-17-14-11-8-5-2/h7,10,16,19,24,26,30,32,37,40,52-54,58-59H,4-6,8-9,11-15,17-18,20-23,25,27-29,31,33-36,38-39,41-51H2,1-3H3,(H,57,60)/b10-7-,19-16-,26-24-,32-30-,40-37-. The molecule has 0 radical (unpaired) electrons. The lowest BCUT2D eigenvalue weighted by Gasteiger charge is -2.24. The van der Waals surface area contributed by atoms with Gasteiger partial charge in [-0.15, -0.1) is 0 Å². The molecule has 0 heterocycles. The largest absolute Gasteiger partial charge is 0.462 e. The quantitative estimate of drug-likeness (QED) is 0.0322. The second-order valence-electron chi connectivity index (χ2n) is 17.9. The third-order valence-corrected chi connectivity index (χ3v) is 11.9. The van der Waals surface area contributed by atoms with Crippen LogP contribution >= 0.6 is 0 Å². The first-order valence-electron chi connectivity index (χ1n) is 26.5. The van der Waals surface area contributed by atoms with Gasteiger partial charge in [0.2, 0.25) is 5.91 Å². The van der Waals surface area contributed by atoms with Gasteiger partial charge in [-0.05, 0) is 64.2 Å². The second kappa shape index (κ2) is 49.6. The Kier molecular flexibility index (Phi) is 47.6. The van der Waals surface area contributed by atoms with Gasteiger partial charge in [-0.3, -0.25) is 9.59 Å². The number of carbonyl (C=O) groups is 2. The monoisotopic (exact) mass is 868 g/mol. The van der Waals surface area contributed by atoms with E-state index in [4.69, 9.17) is 4.74 Å². The minimum atomic E-state index is -0.797. The van der Waals surface area contributed by atoms with Crippen molar-refractivity contribution in [2.24, 2.45) is 0 Å². The van der Waals surface area contributed by atoms with Crippen LogP contribution < -0.4 is 5.32 Å². The summed E-state index contributed by atoms with van der Waals surface area (Å²) >= 11 is 0. The van der Waals surface area contributed by atoms with Crippen molar-refractivity contribution < 1.29 is 24.5 Å². The van der Waals surface area contributed by atoms with Crippen molar-refractivity contribution in [1.82, 2.24) is 5.32 Å². The van der Waals surface area contributed by atoms with Crippen molar-refractivity contribution in [3.63, 3.8) is 0 Å². The fourth-order valence-electron chi connectivity index (χ4n) is 7.88. The minimum Gasteiger partial charge on any atom is -0.462 e. The summed E-state index contributed by atoms with van der Waals surface area (Å²) in [6.45, 7) is 6.36. The lowest BCUT2D eigenvalue weighted by atomic mass is 10.0. The summed E-state index contributed by atoms with van der Waals surface area (Å²) in [6, 6.07) is -0.712. The lowest BCUT2D eigenvalue weighted by Crippen LogP contribution is -2.46. The van der Waals surface area contributed by atoms with Crippen molar-refractivity contribution in [2.75, 3.05) is 6.61 Å². The van der Waals surface area contributed by atoms with Crippen LogP contribution in [0.15, 0.2) is 60.8 Å². The SMILES string of the molecule is CC/C=C\C/C=C\C/C=C\C/C=C\C/C=C\CCCC(=O)OC(CCCCCCCCCCCC)CC(=O)NC(CO)C(O)CCCCCCCCCCCCCCCCCC. The number of carbonyl (C=O) groups excluding carboxylic acids is 2. The molecule has 0 fully saturated rings. The summed E-state index contributed by atoms with van der Waals surface area (Å²) in [5.74, 6) is -0.539. The van der Waals surface area contributed by atoms with Crippen molar-refractivity contribution in [1.29, 1.82) is 0 Å². The first-order chi connectivity index (χ1) is 30.5. The molecule has 0 aromatic heterocycles. The van der Waals surface area contributed by atoms with E-state index in [0.717, 1.165) is 77.0 Å². The van der Waals surface area contributed by atoms with Crippen molar-refractivity contribution in [3.05, 3.63) is 60.8 Å². The fourth-order valence-corrected chi connectivity index (χ4v) is 7.88. The maximum absolute atomic E-state index is 13.2. The summed E-state index contributed by atoms with van der Waals surface area (Å²) in [5.41, 5.74) is 0. The van der Waals surface area contributed by atoms with Crippen LogP contribution in [-0.2, 0) is 14.3 Å². The summed E-state index contributed by atoms with van der Waals surface area (Å²) in [4.78, 5) is 26.1. The number of unbranched alkanes of at least 4 members (excludes halogenated alkanes) is 25. The maximum atomic E-state index is 13.2. The Labute approximate surface area is 384 Å². The molecule has 0 aliphatic rings. The number of hydrogen-bond acceptors (Lipinski definition) is 5. The van der Waals surface area contributed by atoms with Crippen LogP contribution in [0.4, 0.5) is 0 Å². The Morgan fingerprint density at radius 3 is 1.26 bits per heavy atom. The highest BCUT2D eigenvalue weighted by atomic mass is 16.5. The molecule has 0 saturated carbocycles.